The molecule has 0 amide bonds. The third-order valence-corrected chi connectivity index (χ3v) is 3.54. The second-order valence-corrected chi connectivity index (χ2v) is 5.66. The molecule has 0 saturated carbocycles. The van der Waals surface area contributed by atoms with Gasteiger partial charge < -0.3 is 22.9 Å². The Bertz CT molecular complexity index is 287. The van der Waals surface area contributed by atoms with Gasteiger partial charge in [-0.15, -0.1) is 0 Å². The second kappa shape index (κ2) is 10.6. The highest BCUT2D eigenvalue weighted by Crippen LogP contribution is 2.13. The Balaban J connectivity index is 3.25. The number of hydrogen-bond acceptors (Lipinski definition) is 4. The van der Waals surface area contributed by atoms with Crippen molar-refractivity contribution in [1.82, 2.24) is 0 Å². The molecular weight excluding hydrogens is 252 g/mol. The van der Waals surface area contributed by atoms with E-state index in [1.54, 1.807) is 0 Å². The predicted octanol–water partition coefficient (Wildman–Crippen LogP) is 1.76. The van der Waals surface area contributed by atoms with Gasteiger partial charge in [-0.05, 0) is 19.3 Å². The van der Waals surface area contributed by atoms with Gasteiger partial charge in [-0.1, -0.05) is 44.9 Å². The largest absolute Gasteiger partial charge is 0.388 e. The molecule has 0 aliphatic carbocycles. The van der Waals surface area contributed by atoms with Crippen molar-refractivity contribution in [2.75, 3.05) is 0 Å². The van der Waals surface area contributed by atoms with Crippen molar-refractivity contribution in [3.8, 4) is 0 Å². The van der Waals surface area contributed by atoms with Gasteiger partial charge in [0, 0.05) is 6.42 Å². The number of amidine groups is 2. The normalized spacial score (nSPS) is 11.5. The van der Waals surface area contributed by atoms with Gasteiger partial charge in [0.05, 0.1) is 5.84 Å². The molecule has 0 aliphatic heterocycles. The van der Waals surface area contributed by atoms with Crippen molar-refractivity contribution in [3.05, 3.63) is 0 Å². The average molecular weight is 284 g/mol. The summed E-state index contributed by atoms with van der Waals surface area (Å²) < 4.78 is 0. The number of nitrogens with two attached hydrogens (primary N) is 4. The van der Waals surface area contributed by atoms with Crippen molar-refractivity contribution >= 4 is 11.7 Å². The predicted molar refractivity (Wildman–Crippen MR) is 85.7 cm³/mol. The molecule has 6 nitrogen and oxygen atoms in total. The first kappa shape index (κ1) is 18.9. The first-order valence-corrected chi connectivity index (χ1v) is 7.61. The van der Waals surface area contributed by atoms with E-state index < -0.39 is 5.66 Å². The molecule has 0 aromatic rings. The number of unbranched alkanes of at least 4 members (excludes halogenated alkanes) is 8. The topological polar surface area (TPSA) is 152 Å². The van der Waals surface area contributed by atoms with Crippen LogP contribution in [0.1, 0.15) is 70.6 Å². The van der Waals surface area contributed by atoms with Crippen molar-refractivity contribution in [2.45, 2.75) is 76.3 Å². The molecule has 6 heteroatoms. The van der Waals surface area contributed by atoms with E-state index in [4.69, 9.17) is 33.8 Å². The maximum atomic E-state index is 7.26. The van der Waals surface area contributed by atoms with Gasteiger partial charge >= 0.3 is 0 Å². The quantitative estimate of drug-likeness (QED) is 0.132. The van der Waals surface area contributed by atoms with Crippen LogP contribution in [-0.2, 0) is 0 Å². The summed E-state index contributed by atoms with van der Waals surface area (Å²) in [6.45, 7) is 0. The Morgan fingerprint density at radius 1 is 0.700 bits per heavy atom. The highest BCUT2D eigenvalue weighted by molar-refractivity contribution is 5.86. The van der Waals surface area contributed by atoms with E-state index in [1.165, 1.54) is 38.5 Å². The lowest BCUT2D eigenvalue weighted by Gasteiger charge is -2.22. The lowest BCUT2D eigenvalue weighted by atomic mass is 10.0. The highest BCUT2D eigenvalue weighted by atomic mass is 15.0. The molecule has 20 heavy (non-hydrogen) atoms. The molecule has 0 atom stereocenters. The summed E-state index contributed by atoms with van der Waals surface area (Å²) in [6.07, 6.45) is 11.7. The zero-order chi connectivity index (χ0) is 15.4. The number of rotatable bonds is 13. The van der Waals surface area contributed by atoms with Crippen molar-refractivity contribution in [1.29, 1.82) is 10.8 Å². The van der Waals surface area contributed by atoms with Gasteiger partial charge in [0.15, 0.2) is 0 Å². The lowest BCUT2D eigenvalue weighted by molar-refractivity contribution is 0.480. The zero-order valence-electron chi connectivity index (χ0n) is 12.6. The minimum atomic E-state index is -1.13. The minimum Gasteiger partial charge on any atom is -0.388 e. The van der Waals surface area contributed by atoms with E-state index in [0.717, 1.165) is 25.7 Å². The first-order valence-electron chi connectivity index (χ1n) is 7.61. The summed E-state index contributed by atoms with van der Waals surface area (Å²) >= 11 is 0. The Hall–Kier alpha value is -1.14. The Morgan fingerprint density at radius 2 is 1.10 bits per heavy atom. The highest BCUT2D eigenvalue weighted by Gasteiger charge is 2.21. The summed E-state index contributed by atoms with van der Waals surface area (Å²) in [4.78, 5) is 0. The van der Waals surface area contributed by atoms with E-state index in [9.17, 15) is 0 Å². The van der Waals surface area contributed by atoms with Gasteiger partial charge in [-0.3, -0.25) is 10.8 Å². The molecule has 0 radical (unpaired) electrons. The van der Waals surface area contributed by atoms with Gasteiger partial charge in [0.2, 0.25) is 0 Å². The Morgan fingerprint density at radius 3 is 1.50 bits per heavy atom. The van der Waals surface area contributed by atoms with Crippen LogP contribution in [0.4, 0.5) is 0 Å². The van der Waals surface area contributed by atoms with Crippen molar-refractivity contribution in [3.63, 3.8) is 0 Å². The fourth-order valence-corrected chi connectivity index (χ4v) is 2.11. The summed E-state index contributed by atoms with van der Waals surface area (Å²) in [5.41, 5.74) is 20.9. The van der Waals surface area contributed by atoms with Gasteiger partial charge in [-0.2, -0.15) is 0 Å². The first-order chi connectivity index (χ1) is 9.36. The molecule has 10 N–H and O–H groups in total. The van der Waals surface area contributed by atoms with Crippen LogP contribution in [0.3, 0.4) is 0 Å². The molecule has 0 unspecified atom stereocenters. The molecule has 0 fully saturated rings. The molecule has 0 rings (SSSR count). The lowest BCUT2D eigenvalue weighted by Crippen LogP contribution is -2.59. The zero-order valence-corrected chi connectivity index (χ0v) is 12.6. The number of hydrogen-bond donors (Lipinski definition) is 6. The van der Waals surface area contributed by atoms with E-state index in [0.29, 0.717) is 12.3 Å². The molecular formula is C14H32N6. The van der Waals surface area contributed by atoms with Crippen LogP contribution in [0.2, 0.25) is 0 Å². The summed E-state index contributed by atoms with van der Waals surface area (Å²) in [5, 5.41) is 14.4. The molecule has 0 bridgehead atoms. The fraction of sp³-hybridized carbons (Fsp3) is 0.857. The van der Waals surface area contributed by atoms with Crippen LogP contribution in [0.15, 0.2) is 0 Å². The minimum absolute atomic E-state index is 0.136. The van der Waals surface area contributed by atoms with Crippen LogP contribution in [0, 0.1) is 10.8 Å². The Labute approximate surface area is 122 Å². The second-order valence-electron chi connectivity index (χ2n) is 5.66. The smallest absolute Gasteiger partial charge is 0.126 e. The maximum Gasteiger partial charge on any atom is 0.126 e. The van der Waals surface area contributed by atoms with E-state index in [2.05, 4.69) is 0 Å². The van der Waals surface area contributed by atoms with Gasteiger partial charge in [0.25, 0.3) is 0 Å². The van der Waals surface area contributed by atoms with Gasteiger partial charge in [0.1, 0.15) is 11.5 Å². The third kappa shape index (κ3) is 10.8. The fourth-order valence-electron chi connectivity index (χ4n) is 2.11. The summed E-state index contributed by atoms with van der Waals surface area (Å²) in [5.74, 6) is 0.162. The van der Waals surface area contributed by atoms with Crippen LogP contribution < -0.4 is 22.9 Å². The van der Waals surface area contributed by atoms with Gasteiger partial charge in [-0.25, -0.2) is 0 Å². The average Bonchev–Trinajstić information content (AvgIpc) is 2.35. The molecule has 0 aliphatic rings. The molecule has 118 valence electrons. The van der Waals surface area contributed by atoms with E-state index in [1.807, 2.05) is 0 Å². The van der Waals surface area contributed by atoms with Crippen LogP contribution in [-0.4, -0.2) is 17.3 Å². The maximum absolute atomic E-state index is 7.26. The summed E-state index contributed by atoms with van der Waals surface area (Å²) in [6, 6.07) is 0. The Kier molecular flexibility index (Phi) is 10.0. The molecule has 0 saturated heterocycles. The molecule has 0 spiro atoms. The molecule has 0 aromatic heterocycles. The number of nitrogens with one attached hydrogen (secondary N) is 2. The van der Waals surface area contributed by atoms with Crippen molar-refractivity contribution < 1.29 is 0 Å². The van der Waals surface area contributed by atoms with Crippen LogP contribution >= 0.6 is 0 Å². The van der Waals surface area contributed by atoms with Crippen LogP contribution in [0.25, 0.3) is 0 Å². The third-order valence-electron chi connectivity index (χ3n) is 3.54. The van der Waals surface area contributed by atoms with Crippen LogP contribution in [0.5, 0.6) is 0 Å². The monoisotopic (exact) mass is 284 g/mol. The molecule has 0 aromatic carbocycles. The van der Waals surface area contributed by atoms with Crippen molar-refractivity contribution in [2.24, 2.45) is 22.9 Å². The molecule has 0 heterocycles. The van der Waals surface area contributed by atoms with E-state index >= 15 is 0 Å². The van der Waals surface area contributed by atoms with E-state index in [-0.39, 0.29) is 5.84 Å². The standard InChI is InChI=1S/C14H32N6/c15-12(16)10-8-6-4-2-1-3-5-7-9-11-14(19,20)13(17)18/h1-11,19-20H2,(H3,15,16)(H3,17,18). The summed E-state index contributed by atoms with van der Waals surface area (Å²) in [7, 11) is 0. The SMILES string of the molecule is N=C(N)CCCCCCCCCCCC(N)(N)C(=N)N.